The Balaban J connectivity index is 1.53. The van der Waals surface area contributed by atoms with Crippen LogP contribution in [0.5, 0.6) is 11.5 Å². The second kappa shape index (κ2) is 9.07. The van der Waals surface area contributed by atoms with Crippen LogP contribution in [0.25, 0.3) is 11.5 Å². The predicted octanol–water partition coefficient (Wildman–Crippen LogP) is 3.71. The number of hydrogen-bond acceptors (Lipinski definition) is 7. The highest BCUT2D eigenvalue weighted by Gasteiger charge is 2.33. The molecule has 1 aromatic heterocycles. The van der Waals surface area contributed by atoms with Crippen LogP contribution in [-0.4, -0.2) is 49.7 Å². The molecular formula is C22H25N3O5S. The number of nitrogens with zero attached hydrogens (tertiary/aromatic N) is 3. The molecule has 2 aromatic carbocycles. The van der Waals surface area contributed by atoms with Crippen molar-refractivity contribution in [3.63, 3.8) is 0 Å². The smallest absolute Gasteiger partial charge is 0.251 e. The highest BCUT2D eigenvalue weighted by atomic mass is 32.2. The summed E-state index contributed by atoms with van der Waals surface area (Å²) < 4.78 is 44.5. The Bertz CT molecular complexity index is 1130. The van der Waals surface area contributed by atoms with E-state index in [9.17, 15) is 8.42 Å². The molecule has 9 heteroatoms. The number of para-hydroxylation sites is 1. The van der Waals surface area contributed by atoms with Crippen molar-refractivity contribution in [2.75, 3.05) is 26.8 Å². The van der Waals surface area contributed by atoms with Gasteiger partial charge in [-0.2, -0.15) is 4.31 Å². The first kappa shape index (κ1) is 21.3. The molecule has 0 N–H and O–H groups in total. The number of aromatic nitrogens is 2. The zero-order valence-corrected chi connectivity index (χ0v) is 18.3. The van der Waals surface area contributed by atoms with Crippen molar-refractivity contribution >= 4 is 10.0 Å². The minimum Gasteiger partial charge on any atom is -0.496 e. The highest BCUT2D eigenvalue weighted by Crippen LogP contribution is 2.33. The fourth-order valence-electron chi connectivity index (χ4n) is 3.72. The van der Waals surface area contributed by atoms with Gasteiger partial charge in [0.05, 0.1) is 30.1 Å². The van der Waals surface area contributed by atoms with Gasteiger partial charge < -0.3 is 13.9 Å². The molecule has 0 spiro atoms. The van der Waals surface area contributed by atoms with E-state index in [1.165, 1.54) is 4.31 Å². The van der Waals surface area contributed by atoms with E-state index < -0.39 is 10.0 Å². The average molecular weight is 444 g/mol. The van der Waals surface area contributed by atoms with Gasteiger partial charge in [0.2, 0.25) is 15.9 Å². The van der Waals surface area contributed by atoms with Crippen LogP contribution in [0.3, 0.4) is 0 Å². The van der Waals surface area contributed by atoms with E-state index in [0.29, 0.717) is 55.0 Å². The summed E-state index contributed by atoms with van der Waals surface area (Å²) in [6.45, 7) is 3.17. The van der Waals surface area contributed by atoms with Crippen LogP contribution < -0.4 is 9.47 Å². The number of benzene rings is 2. The quantitative estimate of drug-likeness (QED) is 0.549. The Kier molecular flexibility index (Phi) is 6.24. The third-order valence-electron chi connectivity index (χ3n) is 5.28. The van der Waals surface area contributed by atoms with E-state index >= 15 is 0 Å². The maximum Gasteiger partial charge on any atom is 0.251 e. The summed E-state index contributed by atoms with van der Waals surface area (Å²) in [6.07, 6.45) is 1.50. The molecule has 1 fully saturated rings. The van der Waals surface area contributed by atoms with Crippen molar-refractivity contribution in [1.29, 1.82) is 0 Å². The van der Waals surface area contributed by atoms with E-state index in [2.05, 4.69) is 10.2 Å². The van der Waals surface area contributed by atoms with Gasteiger partial charge in [0.15, 0.2) is 0 Å². The van der Waals surface area contributed by atoms with Gasteiger partial charge in [0.25, 0.3) is 5.89 Å². The van der Waals surface area contributed by atoms with Crippen molar-refractivity contribution in [1.82, 2.24) is 14.5 Å². The van der Waals surface area contributed by atoms with Gasteiger partial charge in [-0.1, -0.05) is 12.1 Å². The van der Waals surface area contributed by atoms with Crippen molar-refractivity contribution < 1.29 is 22.3 Å². The van der Waals surface area contributed by atoms with Crippen molar-refractivity contribution in [2.45, 2.75) is 30.6 Å². The summed E-state index contributed by atoms with van der Waals surface area (Å²) in [5.74, 6) is 1.92. The van der Waals surface area contributed by atoms with Crippen molar-refractivity contribution in [3.8, 4) is 23.0 Å². The van der Waals surface area contributed by atoms with Gasteiger partial charge in [-0.05, 0) is 56.2 Å². The maximum atomic E-state index is 13.1. The van der Waals surface area contributed by atoms with Gasteiger partial charge in [-0.15, -0.1) is 10.2 Å². The van der Waals surface area contributed by atoms with Crippen LogP contribution in [-0.2, 0) is 10.0 Å². The first-order valence-corrected chi connectivity index (χ1v) is 11.7. The number of ether oxygens (including phenoxy) is 2. The number of hydrogen-bond donors (Lipinski definition) is 0. The monoisotopic (exact) mass is 443 g/mol. The second-order valence-corrected chi connectivity index (χ2v) is 9.19. The largest absolute Gasteiger partial charge is 0.496 e. The van der Waals surface area contributed by atoms with Crippen LogP contribution in [0.2, 0.25) is 0 Å². The fraction of sp³-hybridized carbons (Fsp3) is 0.364. The molecule has 31 heavy (non-hydrogen) atoms. The standard InChI is InChI=1S/C22H25N3O5S/c1-3-29-17-10-12-18(13-11-17)31(26,27)25-14-6-7-16(15-25)21-23-24-22(30-21)19-8-4-5-9-20(19)28-2/h4-5,8-13,16H,3,6-7,14-15H2,1-2H3/t16-/m1/s1. The summed E-state index contributed by atoms with van der Waals surface area (Å²) in [4.78, 5) is 0.247. The number of sulfonamides is 1. The maximum absolute atomic E-state index is 13.1. The van der Waals surface area contributed by atoms with E-state index in [1.807, 2.05) is 31.2 Å². The Morgan fingerprint density at radius 1 is 1.13 bits per heavy atom. The molecule has 164 valence electrons. The fourth-order valence-corrected chi connectivity index (χ4v) is 5.24. The molecule has 1 aliphatic heterocycles. The number of piperidine rings is 1. The lowest BCUT2D eigenvalue weighted by atomic mass is 10.00. The van der Waals surface area contributed by atoms with Crippen LogP contribution in [0, 0.1) is 0 Å². The Morgan fingerprint density at radius 3 is 2.65 bits per heavy atom. The Hall–Kier alpha value is -2.91. The van der Waals surface area contributed by atoms with Gasteiger partial charge in [0, 0.05) is 13.1 Å². The molecule has 1 atom stereocenters. The van der Waals surface area contributed by atoms with E-state index in [1.54, 1.807) is 31.4 Å². The lowest BCUT2D eigenvalue weighted by Gasteiger charge is -2.30. The predicted molar refractivity (Wildman–Crippen MR) is 115 cm³/mol. The molecule has 3 aromatic rings. The molecule has 0 radical (unpaired) electrons. The van der Waals surface area contributed by atoms with Crippen LogP contribution >= 0.6 is 0 Å². The second-order valence-electron chi connectivity index (χ2n) is 7.25. The third-order valence-corrected chi connectivity index (χ3v) is 7.16. The SMILES string of the molecule is CCOc1ccc(S(=O)(=O)N2CCC[C@@H](c3nnc(-c4ccccc4OC)o3)C2)cc1. The van der Waals surface area contributed by atoms with E-state index in [-0.39, 0.29) is 10.8 Å². The minimum absolute atomic E-state index is 0.165. The van der Waals surface area contributed by atoms with Gasteiger partial charge in [-0.25, -0.2) is 8.42 Å². The van der Waals surface area contributed by atoms with Gasteiger partial charge in [0.1, 0.15) is 11.5 Å². The zero-order valence-electron chi connectivity index (χ0n) is 17.5. The topological polar surface area (TPSA) is 94.8 Å². The van der Waals surface area contributed by atoms with Crippen LogP contribution in [0.1, 0.15) is 31.6 Å². The molecule has 8 nitrogen and oxygen atoms in total. The molecule has 0 unspecified atom stereocenters. The molecule has 0 amide bonds. The molecular weight excluding hydrogens is 418 g/mol. The van der Waals surface area contributed by atoms with Gasteiger partial charge >= 0.3 is 0 Å². The van der Waals surface area contributed by atoms with Crippen LogP contribution in [0.4, 0.5) is 0 Å². The summed E-state index contributed by atoms with van der Waals surface area (Å²) in [5, 5.41) is 8.37. The summed E-state index contributed by atoms with van der Waals surface area (Å²) in [5.41, 5.74) is 0.707. The molecule has 4 rings (SSSR count). The average Bonchev–Trinajstić information content (AvgIpc) is 3.30. The van der Waals surface area contributed by atoms with Crippen molar-refractivity contribution in [3.05, 3.63) is 54.4 Å². The molecule has 1 saturated heterocycles. The summed E-state index contributed by atoms with van der Waals surface area (Å²) in [7, 11) is -2.04. The lowest BCUT2D eigenvalue weighted by Crippen LogP contribution is -2.39. The molecule has 1 aliphatic rings. The van der Waals surface area contributed by atoms with E-state index in [4.69, 9.17) is 13.9 Å². The number of rotatable bonds is 7. The summed E-state index contributed by atoms with van der Waals surface area (Å²) >= 11 is 0. The normalized spacial score (nSPS) is 17.4. The number of methoxy groups -OCH3 is 1. The van der Waals surface area contributed by atoms with Crippen molar-refractivity contribution in [2.24, 2.45) is 0 Å². The Labute approximate surface area is 181 Å². The Morgan fingerprint density at radius 2 is 1.90 bits per heavy atom. The summed E-state index contributed by atoms with van der Waals surface area (Å²) in [6, 6.07) is 13.9. The van der Waals surface area contributed by atoms with Crippen LogP contribution in [0.15, 0.2) is 57.8 Å². The lowest BCUT2D eigenvalue weighted by molar-refractivity contribution is 0.286. The van der Waals surface area contributed by atoms with Gasteiger partial charge in [-0.3, -0.25) is 0 Å². The molecule has 2 heterocycles. The highest BCUT2D eigenvalue weighted by molar-refractivity contribution is 7.89. The molecule has 0 bridgehead atoms. The van der Waals surface area contributed by atoms with E-state index in [0.717, 1.165) is 6.42 Å². The minimum atomic E-state index is -3.62. The first-order valence-electron chi connectivity index (χ1n) is 10.2. The molecule has 0 aliphatic carbocycles. The zero-order chi connectivity index (χ0) is 21.8. The first-order chi connectivity index (χ1) is 15.0. The third kappa shape index (κ3) is 4.42. The molecule has 0 saturated carbocycles.